The molecule has 4 bridgehead atoms. The molecule has 3 nitrogen and oxygen atoms in total. The number of rotatable bonds is 2. The first-order valence-corrected chi connectivity index (χ1v) is 7.59. The maximum atomic E-state index is 5.86. The predicted molar refractivity (Wildman–Crippen MR) is 73.5 cm³/mol. The minimum absolute atomic E-state index is 0.230. The summed E-state index contributed by atoms with van der Waals surface area (Å²) in [6, 6.07) is 0. The Morgan fingerprint density at radius 2 is 1.89 bits per heavy atom. The van der Waals surface area contributed by atoms with E-state index in [1.807, 2.05) is 0 Å². The number of aromatic nitrogens is 1. The van der Waals surface area contributed by atoms with Gasteiger partial charge >= 0.3 is 0 Å². The normalized spacial score (nSPS) is 47.8. The van der Waals surface area contributed by atoms with Gasteiger partial charge in [-0.3, -0.25) is 0 Å². The van der Waals surface area contributed by atoms with Crippen molar-refractivity contribution in [2.24, 2.45) is 22.5 Å². The van der Waals surface area contributed by atoms with Gasteiger partial charge in [-0.15, -0.1) is 0 Å². The van der Waals surface area contributed by atoms with Crippen LogP contribution in [0.15, 0.2) is 10.8 Å². The van der Waals surface area contributed by atoms with Crippen molar-refractivity contribution < 1.29 is 4.42 Å². The molecule has 4 saturated carbocycles. The molecule has 4 aliphatic carbocycles. The molecule has 104 valence electrons. The zero-order valence-electron chi connectivity index (χ0n) is 12.0. The summed E-state index contributed by atoms with van der Waals surface area (Å²) in [5.74, 6) is 2.00. The molecule has 1 aromatic rings. The van der Waals surface area contributed by atoms with Crippen LogP contribution in [-0.2, 0) is 12.0 Å². The molecular weight excluding hydrogens is 236 g/mol. The molecule has 2 unspecified atom stereocenters. The van der Waals surface area contributed by atoms with Gasteiger partial charge in [0, 0.05) is 12.0 Å². The highest BCUT2D eigenvalue weighted by molar-refractivity contribution is 5.27. The quantitative estimate of drug-likeness (QED) is 0.887. The molecule has 4 aliphatic rings. The highest BCUT2D eigenvalue weighted by Crippen LogP contribution is 2.70. The molecule has 5 rings (SSSR count). The van der Waals surface area contributed by atoms with Crippen LogP contribution in [0.1, 0.15) is 63.8 Å². The van der Waals surface area contributed by atoms with E-state index in [1.54, 1.807) is 6.39 Å². The van der Waals surface area contributed by atoms with Crippen molar-refractivity contribution in [2.75, 3.05) is 0 Å². The summed E-state index contributed by atoms with van der Waals surface area (Å²) in [7, 11) is 0. The molecule has 1 heterocycles. The molecular formula is C16H24N2O. The van der Waals surface area contributed by atoms with Gasteiger partial charge in [-0.1, -0.05) is 13.8 Å². The Morgan fingerprint density at radius 3 is 2.47 bits per heavy atom. The van der Waals surface area contributed by atoms with Crippen molar-refractivity contribution in [3.05, 3.63) is 17.8 Å². The van der Waals surface area contributed by atoms with Crippen LogP contribution in [0.3, 0.4) is 0 Å². The number of oxazole rings is 1. The topological polar surface area (TPSA) is 52.0 Å². The predicted octanol–water partition coefficient (Wildman–Crippen LogP) is 3.38. The molecule has 0 amide bonds. The monoisotopic (exact) mass is 260 g/mol. The lowest BCUT2D eigenvalue weighted by Crippen LogP contribution is -2.57. The number of hydrogen-bond donors (Lipinski definition) is 1. The summed E-state index contributed by atoms with van der Waals surface area (Å²) in [5.41, 5.74) is 8.10. The van der Waals surface area contributed by atoms with Gasteiger partial charge in [0.2, 0.25) is 0 Å². The molecule has 0 aromatic carbocycles. The van der Waals surface area contributed by atoms with Crippen molar-refractivity contribution in [1.82, 2.24) is 4.98 Å². The lowest BCUT2D eigenvalue weighted by atomic mass is 9.40. The van der Waals surface area contributed by atoms with Gasteiger partial charge < -0.3 is 10.2 Å². The second-order valence-corrected chi connectivity index (χ2v) is 8.24. The van der Waals surface area contributed by atoms with Gasteiger partial charge in [-0.25, -0.2) is 4.98 Å². The van der Waals surface area contributed by atoms with E-state index >= 15 is 0 Å². The van der Waals surface area contributed by atoms with E-state index in [4.69, 9.17) is 10.2 Å². The fourth-order valence-corrected chi connectivity index (χ4v) is 6.55. The summed E-state index contributed by atoms with van der Waals surface area (Å²) >= 11 is 0. The highest BCUT2D eigenvalue weighted by atomic mass is 16.3. The molecule has 1 aromatic heterocycles. The molecule has 0 spiro atoms. The van der Waals surface area contributed by atoms with Crippen molar-refractivity contribution >= 4 is 0 Å². The first-order valence-electron chi connectivity index (χ1n) is 7.59. The molecule has 0 saturated heterocycles. The van der Waals surface area contributed by atoms with Crippen LogP contribution in [0.25, 0.3) is 0 Å². The van der Waals surface area contributed by atoms with Crippen molar-refractivity contribution in [2.45, 2.75) is 64.3 Å². The average Bonchev–Trinajstić information content (AvgIpc) is 2.72. The second kappa shape index (κ2) is 3.43. The summed E-state index contributed by atoms with van der Waals surface area (Å²) in [4.78, 5) is 4.35. The summed E-state index contributed by atoms with van der Waals surface area (Å²) in [5, 5.41) is 0. The maximum absolute atomic E-state index is 5.86. The lowest BCUT2D eigenvalue weighted by molar-refractivity contribution is -0.116. The third-order valence-electron chi connectivity index (χ3n) is 5.94. The minimum atomic E-state index is 0.230. The zero-order valence-corrected chi connectivity index (χ0v) is 12.0. The fraction of sp³-hybridized carbons (Fsp3) is 0.812. The van der Waals surface area contributed by atoms with Gasteiger partial charge in [0.1, 0.15) is 5.76 Å². The van der Waals surface area contributed by atoms with E-state index in [0.29, 0.717) is 17.4 Å². The molecule has 3 heteroatoms. The largest absolute Gasteiger partial charge is 0.448 e. The van der Waals surface area contributed by atoms with Crippen LogP contribution in [0.2, 0.25) is 0 Å². The van der Waals surface area contributed by atoms with E-state index in [9.17, 15) is 0 Å². The third-order valence-corrected chi connectivity index (χ3v) is 5.94. The molecule has 0 aliphatic heterocycles. The SMILES string of the molecule is CC12CC3CC(C)(C1)CC(c1ocnc1CN)(C3)C2. The van der Waals surface area contributed by atoms with Crippen LogP contribution < -0.4 is 5.73 Å². The maximum Gasteiger partial charge on any atom is 0.181 e. The number of nitrogens with zero attached hydrogens (tertiary/aromatic N) is 1. The van der Waals surface area contributed by atoms with E-state index < -0.39 is 0 Å². The summed E-state index contributed by atoms with van der Waals surface area (Å²) in [6.07, 6.45) is 9.65. The summed E-state index contributed by atoms with van der Waals surface area (Å²) < 4.78 is 5.84. The molecule has 2 atom stereocenters. The molecule has 4 fully saturated rings. The zero-order chi connectivity index (χ0) is 13.3. The average molecular weight is 260 g/mol. The smallest absolute Gasteiger partial charge is 0.181 e. The van der Waals surface area contributed by atoms with Gasteiger partial charge in [0.25, 0.3) is 0 Å². The molecule has 2 N–H and O–H groups in total. The number of hydrogen-bond acceptors (Lipinski definition) is 3. The minimum Gasteiger partial charge on any atom is -0.448 e. The van der Waals surface area contributed by atoms with E-state index in [1.165, 1.54) is 38.5 Å². The first-order chi connectivity index (χ1) is 8.96. The van der Waals surface area contributed by atoms with Gasteiger partial charge in [0.15, 0.2) is 6.39 Å². The van der Waals surface area contributed by atoms with E-state index in [-0.39, 0.29) is 5.41 Å². The van der Waals surface area contributed by atoms with Crippen molar-refractivity contribution in [3.8, 4) is 0 Å². The first kappa shape index (κ1) is 12.0. The van der Waals surface area contributed by atoms with E-state index in [0.717, 1.165) is 17.4 Å². The standard InChI is InChI=1S/C16H24N2O/c1-14-3-11-4-15(2,7-14)9-16(5-11,8-14)13-12(6-17)18-10-19-13/h10-11H,3-9,17H2,1-2H3. The van der Waals surface area contributed by atoms with Crippen LogP contribution in [0, 0.1) is 16.7 Å². The Balaban J connectivity index is 1.83. The Morgan fingerprint density at radius 1 is 1.21 bits per heavy atom. The van der Waals surface area contributed by atoms with Crippen LogP contribution in [-0.4, -0.2) is 4.98 Å². The van der Waals surface area contributed by atoms with Crippen LogP contribution in [0.5, 0.6) is 0 Å². The lowest BCUT2D eigenvalue weighted by Gasteiger charge is -2.64. The van der Waals surface area contributed by atoms with Crippen LogP contribution >= 0.6 is 0 Å². The summed E-state index contributed by atoms with van der Waals surface area (Å²) in [6.45, 7) is 5.48. The van der Waals surface area contributed by atoms with Crippen molar-refractivity contribution in [1.29, 1.82) is 0 Å². The van der Waals surface area contributed by atoms with Gasteiger partial charge in [-0.05, 0) is 55.3 Å². The Labute approximate surface area is 115 Å². The van der Waals surface area contributed by atoms with Gasteiger partial charge in [-0.2, -0.15) is 0 Å². The Kier molecular flexibility index (Phi) is 2.16. The van der Waals surface area contributed by atoms with Crippen LogP contribution in [0.4, 0.5) is 0 Å². The highest BCUT2D eigenvalue weighted by Gasteiger charge is 2.62. The fourth-order valence-electron chi connectivity index (χ4n) is 6.55. The molecule has 19 heavy (non-hydrogen) atoms. The van der Waals surface area contributed by atoms with Crippen molar-refractivity contribution in [3.63, 3.8) is 0 Å². The molecule has 0 radical (unpaired) electrons. The third kappa shape index (κ3) is 1.57. The Bertz CT molecular complexity index is 503. The van der Waals surface area contributed by atoms with Gasteiger partial charge in [0.05, 0.1) is 5.69 Å². The van der Waals surface area contributed by atoms with E-state index in [2.05, 4.69) is 18.8 Å². The Hall–Kier alpha value is -0.830. The second-order valence-electron chi connectivity index (χ2n) is 8.24. The number of nitrogens with two attached hydrogens (primary N) is 1.